The lowest BCUT2D eigenvalue weighted by Gasteiger charge is -2.18. The number of rotatable bonds is 5. The average Bonchev–Trinajstić information content (AvgIpc) is 2.56. The molecule has 0 aliphatic carbocycles. The van der Waals surface area contributed by atoms with Gasteiger partial charge in [-0.25, -0.2) is 17.5 Å². The Morgan fingerprint density at radius 1 is 1.13 bits per heavy atom. The molecule has 1 aliphatic rings. The van der Waals surface area contributed by atoms with Crippen molar-refractivity contribution in [2.24, 2.45) is 0 Å². The Bertz CT molecular complexity index is 788. The SMILES string of the molecule is O=S(=O)(NCCc1ccc(F)cc1)c1ccc2c(c1)CCCO2. The third-order valence-electron chi connectivity index (χ3n) is 3.81. The predicted molar refractivity (Wildman–Crippen MR) is 85.6 cm³/mol. The Balaban J connectivity index is 1.65. The first-order chi connectivity index (χ1) is 11.0. The summed E-state index contributed by atoms with van der Waals surface area (Å²) < 4.78 is 45.6. The second kappa shape index (κ2) is 6.68. The number of halogens is 1. The molecule has 4 nitrogen and oxygen atoms in total. The van der Waals surface area contributed by atoms with Crippen LogP contribution >= 0.6 is 0 Å². The van der Waals surface area contributed by atoms with Crippen LogP contribution in [0.15, 0.2) is 47.4 Å². The summed E-state index contributed by atoms with van der Waals surface area (Å²) in [5.74, 6) is 0.465. The smallest absolute Gasteiger partial charge is 0.240 e. The second-order valence-corrected chi connectivity index (χ2v) is 7.26. The maximum absolute atomic E-state index is 12.8. The number of nitrogens with one attached hydrogen (secondary N) is 1. The maximum Gasteiger partial charge on any atom is 0.240 e. The molecule has 0 atom stereocenters. The topological polar surface area (TPSA) is 55.4 Å². The highest BCUT2D eigenvalue weighted by atomic mass is 32.2. The maximum atomic E-state index is 12.8. The van der Waals surface area contributed by atoms with Crippen molar-refractivity contribution >= 4 is 10.0 Å². The Hall–Kier alpha value is -1.92. The molecular formula is C17H18FNO3S. The van der Waals surface area contributed by atoms with E-state index in [1.54, 1.807) is 30.3 Å². The van der Waals surface area contributed by atoms with E-state index in [2.05, 4.69) is 4.72 Å². The zero-order valence-electron chi connectivity index (χ0n) is 12.6. The zero-order valence-corrected chi connectivity index (χ0v) is 13.4. The molecule has 0 amide bonds. The Kier molecular flexibility index (Phi) is 4.63. The average molecular weight is 335 g/mol. The summed E-state index contributed by atoms with van der Waals surface area (Å²) in [6.45, 7) is 0.941. The van der Waals surface area contributed by atoms with Crippen molar-refractivity contribution in [2.75, 3.05) is 13.2 Å². The lowest BCUT2D eigenvalue weighted by molar-refractivity contribution is 0.288. The van der Waals surface area contributed by atoms with Crippen LogP contribution in [0.4, 0.5) is 4.39 Å². The number of hydrogen-bond donors (Lipinski definition) is 1. The van der Waals surface area contributed by atoms with Gasteiger partial charge in [-0.15, -0.1) is 0 Å². The van der Waals surface area contributed by atoms with Gasteiger partial charge in [0.1, 0.15) is 11.6 Å². The molecule has 2 aromatic rings. The largest absolute Gasteiger partial charge is 0.493 e. The lowest BCUT2D eigenvalue weighted by atomic mass is 10.1. The second-order valence-electron chi connectivity index (χ2n) is 5.50. The number of hydrogen-bond acceptors (Lipinski definition) is 3. The van der Waals surface area contributed by atoms with Gasteiger partial charge in [0, 0.05) is 6.54 Å². The van der Waals surface area contributed by atoms with Crippen LogP contribution in [0.2, 0.25) is 0 Å². The third-order valence-corrected chi connectivity index (χ3v) is 5.27. The first-order valence-electron chi connectivity index (χ1n) is 7.54. The van der Waals surface area contributed by atoms with Crippen molar-refractivity contribution in [1.29, 1.82) is 0 Å². The van der Waals surface area contributed by atoms with Gasteiger partial charge in [0.2, 0.25) is 10.0 Å². The minimum Gasteiger partial charge on any atom is -0.493 e. The van der Waals surface area contributed by atoms with Crippen molar-refractivity contribution in [3.05, 3.63) is 59.4 Å². The van der Waals surface area contributed by atoms with Crippen LogP contribution in [0.25, 0.3) is 0 Å². The highest BCUT2D eigenvalue weighted by Gasteiger charge is 2.17. The van der Waals surface area contributed by atoms with E-state index < -0.39 is 10.0 Å². The number of fused-ring (bicyclic) bond motifs is 1. The van der Waals surface area contributed by atoms with Crippen molar-refractivity contribution < 1.29 is 17.5 Å². The van der Waals surface area contributed by atoms with Gasteiger partial charge in [-0.2, -0.15) is 0 Å². The standard InChI is InChI=1S/C17H18FNO3S/c18-15-5-3-13(4-6-15)9-10-19-23(20,21)16-7-8-17-14(12-16)2-1-11-22-17/h3-8,12,19H,1-2,9-11H2. The van der Waals surface area contributed by atoms with E-state index in [1.807, 2.05) is 0 Å². The molecule has 0 aromatic heterocycles. The zero-order chi connectivity index (χ0) is 16.3. The number of aryl methyl sites for hydroxylation is 1. The van der Waals surface area contributed by atoms with E-state index in [0.29, 0.717) is 13.0 Å². The van der Waals surface area contributed by atoms with Crippen molar-refractivity contribution in [1.82, 2.24) is 4.72 Å². The summed E-state index contributed by atoms with van der Waals surface area (Å²) in [5.41, 5.74) is 1.81. The van der Waals surface area contributed by atoms with Crippen molar-refractivity contribution in [2.45, 2.75) is 24.2 Å². The third kappa shape index (κ3) is 3.89. The molecule has 1 aliphatic heterocycles. The molecule has 0 unspecified atom stereocenters. The fourth-order valence-electron chi connectivity index (χ4n) is 2.57. The highest BCUT2D eigenvalue weighted by Crippen LogP contribution is 2.27. The van der Waals surface area contributed by atoms with E-state index in [1.165, 1.54) is 12.1 Å². The van der Waals surface area contributed by atoms with Crippen LogP contribution in [0.5, 0.6) is 5.75 Å². The molecule has 2 aromatic carbocycles. The van der Waals surface area contributed by atoms with E-state index in [0.717, 1.165) is 29.7 Å². The van der Waals surface area contributed by atoms with Gasteiger partial charge in [-0.3, -0.25) is 0 Å². The first-order valence-corrected chi connectivity index (χ1v) is 9.03. The van der Waals surface area contributed by atoms with Gasteiger partial charge in [-0.05, 0) is 60.7 Å². The molecule has 122 valence electrons. The van der Waals surface area contributed by atoms with Crippen LogP contribution in [0.3, 0.4) is 0 Å². The Labute approximate surface area is 135 Å². The van der Waals surface area contributed by atoms with Gasteiger partial charge in [0.25, 0.3) is 0 Å². The summed E-state index contributed by atoms with van der Waals surface area (Å²) in [6.07, 6.45) is 2.23. The van der Waals surface area contributed by atoms with Crippen LogP contribution in [-0.4, -0.2) is 21.6 Å². The van der Waals surface area contributed by atoms with Crippen LogP contribution < -0.4 is 9.46 Å². The van der Waals surface area contributed by atoms with Gasteiger partial charge < -0.3 is 4.74 Å². The van der Waals surface area contributed by atoms with E-state index in [-0.39, 0.29) is 17.3 Å². The normalized spacial score (nSPS) is 14.1. The minimum atomic E-state index is -3.55. The molecule has 0 saturated heterocycles. The number of ether oxygens (including phenoxy) is 1. The Morgan fingerprint density at radius 3 is 2.70 bits per heavy atom. The molecule has 1 heterocycles. The summed E-state index contributed by atoms with van der Waals surface area (Å²) >= 11 is 0. The molecule has 0 fully saturated rings. The first kappa shape index (κ1) is 16.0. The molecular weight excluding hydrogens is 317 g/mol. The molecule has 0 spiro atoms. The van der Waals surface area contributed by atoms with Crippen LogP contribution in [0, 0.1) is 5.82 Å². The molecule has 23 heavy (non-hydrogen) atoms. The molecule has 6 heteroatoms. The molecule has 0 saturated carbocycles. The minimum absolute atomic E-state index is 0.251. The summed E-state index contributed by atoms with van der Waals surface area (Å²) in [7, 11) is -3.55. The summed E-state index contributed by atoms with van der Waals surface area (Å²) in [6, 6.07) is 11.0. The molecule has 0 radical (unpaired) electrons. The fourth-order valence-corrected chi connectivity index (χ4v) is 3.65. The molecule has 1 N–H and O–H groups in total. The van der Waals surface area contributed by atoms with Crippen LogP contribution in [-0.2, 0) is 22.9 Å². The number of sulfonamides is 1. The highest BCUT2D eigenvalue weighted by molar-refractivity contribution is 7.89. The fraction of sp³-hybridized carbons (Fsp3) is 0.294. The molecule has 0 bridgehead atoms. The van der Waals surface area contributed by atoms with Gasteiger partial charge in [0.05, 0.1) is 11.5 Å². The van der Waals surface area contributed by atoms with E-state index >= 15 is 0 Å². The van der Waals surface area contributed by atoms with E-state index in [9.17, 15) is 12.8 Å². The van der Waals surface area contributed by atoms with Gasteiger partial charge in [0.15, 0.2) is 0 Å². The van der Waals surface area contributed by atoms with Crippen molar-refractivity contribution in [3.63, 3.8) is 0 Å². The monoisotopic (exact) mass is 335 g/mol. The summed E-state index contributed by atoms with van der Waals surface area (Å²) in [5, 5.41) is 0. The van der Waals surface area contributed by atoms with Gasteiger partial charge >= 0.3 is 0 Å². The van der Waals surface area contributed by atoms with E-state index in [4.69, 9.17) is 4.74 Å². The van der Waals surface area contributed by atoms with Gasteiger partial charge in [-0.1, -0.05) is 12.1 Å². The summed E-state index contributed by atoms with van der Waals surface area (Å²) in [4.78, 5) is 0.251. The number of benzene rings is 2. The predicted octanol–water partition coefficient (Wildman–Crippen LogP) is 2.67. The quantitative estimate of drug-likeness (QED) is 0.914. The van der Waals surface area contributed by atoms with Crippen molar-refractivity contribution in [3.8, 4) is 5.75 Å². The lowest BCUT2D eigenvalue weighted by Crippen LogP contribution is -2.26. The Morgan fingerprint density at radius 2 is 1.91 bits per heavy atom. The molecule has 3 rings (SSSR count). The van der Waals surface area contributed by atoms with Crippen LogP contribution in [0.1, 0.15) is 17.5 Å².